The number of hydrogen-bond donors (Lipinski definition) is 1. The first-order valence-corrected chi connectivity index (χ1v) is 9.10. The number of nitrogens with zero attached hydrogens (tertiary/aromatic N) is 1. The molecule has 0 amide bonds. The van der Waals surface area contributed by atoms with Crippen LogP contribution in [-0.4, -0.2) is 42.8 Å². The summed E-state index contributed by atoms with van der Waals surface area (Å²) >= 11 is 0. The number of fused-ring (bicyclic) bond motifs is 1. The van der Waals surface area contributed by atoms with Crippen LogP contribution in [0.1, 0.15) is 66.2 Å². The molecular formula is C18H36N2O. The van der Waals surface area contributed by atoms with Gasteiger partial charge in [-0.05, 0) is 38.8 Å². The molecule has 0 aromatic heterocycles. The molecule has 2 aliphatic rings. The summed E-state index contributed by atoms with van der Waals surface area (Å²) in [5.74, 6) is 0.562. The maximum Gasteiger partial charge on any atom is 0.0690 e. The van der Waals surface area contributed by atoms with Crippen molar-refractivity contribution in [1.29, 1.82) is 0 Å². The Morgan fingerprint density at radius 3 is 2.33 bits per heavy atom. The van der Waals surface area contributed by atoms with Crippen molar-refractivity contribution in [3.05, 3.63) is 0 Å². The van der Waals surface area contributed by atoms with Crippen molar-refractivity contribution in [3.63, 3.8) is 0 Å². The average molecular weight is 296 g/mol. The van der Waals surface area contributed by atoms with Crippen molar-refractivity contribution in [3.8, 4) is 0 Å². The smallest absolute Gasteiger partial charge is 0.0690 e. The standard InChI is InChI=1S/C18H36N2O/c1-5-7-11-20(12-8-6-2)14-18(19)15-10-9-13-21-16(15)17(18,3)4/h15-16H,5-14,19H2,1-4H3. The predicted molar refractivity (Wildman–Crippen MR) is 89.4 cm³/mol. The van der Waals surface area contributed by atoms with Crippen LogP contribution >= 0.6 is 0 Å². The van der Waals surface area contributed by atoms with Gasteiger partial charge in [0.15, 0.2) is 0 Å². The molecule has 3 nitrogen and oxygen atoms in total. The van der Waals surface area contributed by atoms with Gasteiger partial charge in [0.1, 0.15) is 0 Å². The minimum atomic E-state index is -0.0699. The lowest BCUT2D eigenvalue weighted by atomic mass is 9.46. The Balaban J connectivity index is 2.02. The number of nitrogens with two attached hydrogens (primary N) is 1. The zero-order chi connectivity index (χ0) is 15.5. The Labute approximate surface area is 131 Å². The largest absolute Gasteiger partial charge is 0.377 e. The van der Waals surface area contributed by atoms with Crippen LogP contribution < -0.4 is 5.73 Å². The van der Waals surface area contributed by atoms with Crippen molar-refractivity contribution in [2.45, 2.75) is 77.9 Å². The highest BCUT2D eigenvalue weighted by molar-refractivity contribution is 5.20. The molecule has 2 fully saturated rings. The molecule has 1 saturated heterocycles. The summed E-state index contributed by atoms with van der Waals surface area (Å²) in [4.78, 5) is 2.62. The van der Waals surface area contributed by atoms with E-state index in [1.54, 1.807) is 0 Å². The second kappa shape index (κ2) is 6.97. The van der Waals surface area contributed by atoms with E-state index < -0.39 is 0 Å². The van der Waals surface area contributed by atoms with Crippen molar-refractivity contribution in [1.82, 2.24) is 4.90 Å². The molecule has 3 atom stereocenters. The van der Waals surface area contributed by atoms with E-state index in [0.29, 0.717) is 12.0 Å². The quantitative estimate of drug-likeness (QED) is 0.746. The zero-order valence-corrected chi connectivity index (χ0v) is 14.7. The van der Waals surface area contributed by atoms with E-state index in [-0.39, 0.29) is 11.0 Å². The fraction of sp³-hybridized carbons (Fsp3) is 1.00. The van der Waals surface area contributed by atoms with E-state index in [9.17, 15) is 0 Å². The Bertz CT molecular complexity index is 323. The summed E-state index contributed by atoms with van der Waals surface area (Å²) in [6.07, 6.45) is 7.91. The summed E-state index contributed by atoms with van der Waals surface area (Å²) in [6.45, 7) is 13.5. The van der Waals surface area contributed by atoms with Crippen LogP contribution in [0, 0.1) is 11.3 Å². The molecule has 1 aliphatic carbocycles. The summed E-state index contributed by atoms with van der Waals surface area (Å²) in [6, 6.07) is 0. The van der Waals surface area contributed by atoms with Gasteiger partial charge in [-0.15, -0.1) is 0 Å². The number of unbranched alkanes of at least 4 members (excludes halogenated alkanes) is 2. The molecule has 1 saturated carbocycles. The maximum atomic E-state index is 6.96. The molecule has 0 aromatic rings. The Morgan fingerprint density at radius 1 is 1.14 bits per heavy atom. The zero-order valence-electron chi connectivity index (χ0n) is 14.7. The third kappa shape index (κ3) is 3.16. The molecule has 3 unspecified atom stereocenters. The van der Waals surface area contributed by atoms with Gasteiger partial charge in [0, 0.05) is 30.0 Å². The third-order valence-electron chi connectivity index (χ3n) is 6.04. The molecule has 0 radical (unpaired) electrons. The lowest BCUT2D eigenvalue weighted by Crippen LogP contribution is -2.80. The van der Waals surface area contributed by atoms with Crippen LogP contribution in [0.5, 0.6) is 0 Å². The first-order valence-electron chi connectivity index (χ1n) is 9.10. The van der Waals surface area contributed by atoms with E-state index >= 15 is 0 Å². The molecule has 21 heavy (non-hydrogen) atoms. The first-order chi connectivity index (χ1) is 9.97. The van der Waals surface area contributed by atoms with E-state index in [1.807, 2.05) is 0 Å². The van der Waals surface area contributed by atoms with Gasteiger partial charge in [0.05, 0.1) is 6.10 Å². The van der Waals surface area contributed by atoms with Crippen molar-refractivity contribution >= 4 is 0 Å². The minimum Gasteiger partial charge on any atom is -0.377 e. The van der Waals surface area contributed by atoms with Gasteiger partial charge in [-0.1, -0.05) is 40.5 Å². The lowest BCUT2D eigenvalue weighted by Gasteiger charge is -2.67. The normalized spacial score (nSPS) is 34.6. The van der Waals surface area contributed by atoms with Gasteiger partial charge in [-0.2, -0.15) is 0 Å². The van der Waals surface area contributed by atoms with Gasteiger partial charge >= 0.3 is 0 Å². The second-order valence-electron chi connectivity index (χ2n) is 7.79. The van der Waals surface area contributed by atoms with Crippen LogP contribution in [0.25, 0.3) is 0 Å². The van der Waals surface area contributed by atoms with Crippen LogP contribution in [-0.2, 0) is 4.74 Å². The Kier molecular flexibility index (Phi) is 5.72. The Morgan fingerprint density at radius 2 is 1.76 bits per heavy atom. The molecule has 1 heterocycles. The highest BCUT2D eigenvalue weighted by Crippen LogP contribution is 2.57. The van der Waals surface area contributed by atoms with Crippen LogP contribution in [0.15, 0.2) is 0 Å². The van der Waals surface area contributed by atoms with Gasteiger partial charge < -0.3 is 15.4 Å². The molecule has 3 heteroatoms. The van der Waals surface area contributed by atoms with E-state index in [1.165, 1.54) is 51.6 Å². The second-order valence-corrected chi connectivity index (χ2v) is 7.79. The first kappa shape index (κ1) is 17.2. The number of ether oxygens (including phenoxy) is 1. The monoisotopic (exact) mass is 296 g/mol. The summed E-state index contributed by atoms with van der Waals surface area (Å²) < 4.78 is 6.03. The predicted octanol–water partition coefficient (Wildman–Crippen LogP) is 3.42. The van der Waals surface area contributed by atoms with Crippen LogP contribution in [0.3, 0.4) is 0 Å². The van der Waals surface area contributed by atoms with E-state index in [2.05, 4.69) is 32.6 Å². The molecule has 1 aliphatic heterocycles. The van der Waals surface area contributed by atoms with Gasteiger partial charge in [0.2, 0.25) is 0 Å². The maximum absolute atomic E-state index is 6.96. The molecule has 2 rings (SSSR count). The molecule has 124 valence electrons. The summed E-state index contributed by atoms with van der Waals surface area (Å²) in [5, 5.41) is 0. The summed E-state index contributed by atoms with van der Waals surface area (Å²) in [5.41, 5.74) is 6.99. The van der Waals surface area contributed by atoms with Gasteiger partial charge in [-0.25, -0.2) is 0 Å². The fourth-order valence-electron chi connectivity index (χ4n) is 4.39. The molecule has 0 bridgehead atoms. The number of hydrogen-bond acceptors (Lipinski definition) is 3. The highest BCUT2D eigenvalue weighted by Gasteiger charge is 2.66. The topological polar surface area (TPSA) is 38.5 Å². The fourth-order valence-corrected chi connectivity index (χ4v) is 4.39. The van der Waals surface area contributed by atoms with Crippen LogP contribution in [0.4, 0.5) is 0 Å². The third-order valence-corrected chi connectivity index (χ3v) is 6.04. The van der Waals surface area contributed by atoms with Crippen molar-refractivity contribution in [2.75, 3.05) is 26.2 Å². The molecular weight excluding hydrogens is 260 g/mol. The van der Waals surface area contributed by atoms with Gasteiger partial charge in [0.25, 0.3) is 0 Å². The SMILES string of the molecule is CCCCN(CCCC)CC1(N)C2CCCOC2C1(C)C. The van der Waals surface area contributed by atoms with Crippen molar-refractivity contribution < 1.29 is 4.74 Å². The molecule has 0 spiro atoms. The van der Waals surface area contributed by atoms with E-state index in [4.69, 9.17) is 10.5 Å². The number of rotatable bonds is 8. The Hall–Kier alpha value is -0.120. The molecule has 0 aromatic carbocycles. The average Bonchev–Trinajstić information content (AvgIpc) is 2.49. The van der Waals surface area contributed by atoms with E-state index in [0.717, 1.165) is 13.2 Å². The van der Waals surface area contributed by atoms with Crippen molar-refractivity contribution in [2.24, 2.45) is 17.1 Å². The summed E-state index contributed by atoms with van der Waals surface area (Å²) in [7, 11) is 0. The minimum absolute atomic E-state index is 0.0699. The highest BCUT2D eigenvalue weighted by atomic mass is 16.5. The lowest BCUT2D eigenvalue weighted by molar-refractivity contribution is -0.232. The molecule has 2 N–H and O–H groups in total. The van der Waals surface area contributed by atoms with Crippen LogP contribution in [0.2, 0.25) is 0 Å². The van der Waals surface area contributed by atoms with Gasteiger partial charge in [-0.3, -0.25) is 0 Å².